The second-order valence-electron chi connectivity index (χ2n) is 3.60. The van der Waals surface area contributed by atoms with Gasteiger partial charge in [0.05, 0.1) is 11.9 Å². The molecule has 0 aliphatic carbocycles. The number of aromatic nitrogens is 3. The summed E-state index contributed by atoms with van der Waals surface area (Å²) < 4.78 is 0. The van der Waals surface area contributed by atoms with Gasteiger partial charge in [-0.3, -0.25) is 0 Å². The molecule has 1 heterocycles. The topological polar surface area (TPSA) is 64.7 Å². The highest BCUT2D eigenvalue weighted by Gasteiger charge is 2.10. The quantitative estimate of drug-likeness (QED) is 0.711. The van der Waals surface area contributed by atoms with E-state index in [-0.39, 0.29) is 5.54 Å². The highest BCUT2D eigenvalue weighted by Crippen LogP contribution is 2.07. The Kier molecular flexibility index (Phi) is 2.70. The molecule has 2 N–H and O–H groups in total. The van der Waals surface area contributed by atoms with Gasteiger partial charge in [0.25, 0.3) is 0 Å². The molecular weight excluding hydrogens is 152 g/mol. The van der Waals surface area contributed by atoms with Crippen molar-refractivity contribution in [2.75, 3.05) is 0 Å². The molecule has 0 saturated carbocycles. The van der Waals surface area contributed by atoms with E-state index < -0.39 is 0 Å². The molecule has 0 atom stereocenters. The van der Waals surface area contributed by atoms with Gasteiger partial charge in [-0.2, -0.15) is 0 Å². The molecule has 1 rings (SSSR count). The van der Waals surface area contributed by atoms with E-state index in [0.29, 0.717) is 0 Å². The van der Waals surface area contributed by atoms with Gasteiger partial charge in [0.15, 0.2) is 0 Å². The van der Waals surface area contributed by atoms with Crippen LogP contribution in [0.5, 0.6) is 0 Å². The van der Waals surface area contributed by atoms with Crippen molar-refractivity contribution in [3.8, 4) is 0 Å². The normalized spacial score (nSPS) is 11.6. The predicted molar refractivity (Wildman–Crippen MR) is 46.4 cm³/mol. The van der Waals surface area contributed by atoms with Crippen LogP contribution in [-0.2, 0) is 6.42 Å². The van der Waals surface area contributed by atoms with Gasteiger partial charge in [-0.05, 0) is 38.0 Å². The van der Waals surface area contributed by atoms with Crippen LogP contribution in [0, 0.1) is 0 Å². The van der Waals surface area contributed by atoms with Crippen molar-refractivity contribution in [3.05, 3.63) is 18.0 Å². The number of hydrogen-bond donors (Lipinski definition) is 1. The highest BCUT2D eigenvalue weighted by molar-refractivity contribution is 4.96. The van der Waals surface area contributed by atoms with Crippen molar-refractivity contribution in [1.82, 2.24) is 15.4 Å². The number of rotatable bonds is 3. The summed E-state index contributed by atoms with van der Waals surface area (Å²) in [6.07, 6.45) is 3.41. The van der Waals surface area contributed by atoms with Crippen LogP contribution >= 0.6 is 0 Å². The third-order valence-corrected chi connectivity index (χ3v) is 1.58. The zero-order chi connectivity index (χ0) is 9.03. The van der Waals surface area contributed by atoms with Gasteiger partial charge in [0, 0.05) is 5.54 Å². The molecule has 0 fully saturated rings. The van der Waals surface area contributed by atoms with Crippen LogP contribution in [-0.4, -0.2) is 20.9 Å². The second kappa shape index (κ2) is 3.58. The molecule has 12 heavy (non-hydrogen) atoms. The first-order valence-electron chi connectivity index (χ1n) is 4.00. The molecule has 1 aromatic rings. The van der Waals surface area contributed by atoms with Gasteiger partial charge in [0.2, 0.25) is 0 Å². The first-order chi connectivity index (χ1) is 5.58. The van der Waals surface area contributed by atoms with Crippen molar-refractivity contribution in [2.45, 2.75) is 32.2 Å². The zero-order valence-electron chi connectivity index (χ0n) is 7.49. The van der Waals surface area contributed by atoms with Crippen LogP contribution in [0.2, 0.25) is 0 Å². The Labute approximate surface area is 72.2 Å². The standard InChI is InChI=1S/C8H14N4/c1-8(2,9)5-3-7-4-6-10-12-11-7/h4,6H,3,5,9H2,1-2H3. The summed E-state index contributed by atoms with van der Waals surface area (Å²) in [5.41, 5.74) is 6.63. The summed E-state index contributed by atoms with van der Waals surface area (Å²) in [5, 5.41) is 11.0. The van der Waals surface area contributed by atoms with E-state index in [9.17, 15) is 0 Å². The van der Waals surface area contributed by atoms with Gasteiger partial charge in [0.1, 0.15) is 0 Å². The SMILES string of the molecule is CC(C)(N)CCc1ccnnn1. The van der Waals surface area contributed by atoms with E-state index in [1.807, 2.05) is 19.9 Å². The minimum atomic E-state index is -0.134. The smallest absolute Gasteiger partial charge is 0.0665 e. The number of aryl methyl sites for hydroxylation is 1. The maximum atomic E-state index is 5.82. The molecule has 0 amide bonds. The maximum absolute atomic E-state index is 5.82. The fourth-order valence-corrected chi connectivity index (χ4v) is 0.849. The Balaban J connectivity index is 2.44. The number of nitrogens with two attached hydrogens (primary N) is 1. The summed E-state index contributed by atoms with van der Waals surface area (Å²) >= 11 is 0. The maximum Gasteiger partial charge on any atom is 0.0665 e. The number of nitrogens with zero attached hydrogens (tertiary/aromatic N) is 3. The molecular formula is C8H14N4. The largest absolute Gasteiger partial charge is 0.326 e. The van der Waals surface area contributed by atoms with Crippen molar-refractivity contribution >= 4 is 0 Å². The lowest BCUT2D eigenvalue weighted by Crippen LogP contribution is -2.32. The van der Waals surface area contributed by atoms with Crippen LogP contribution in [0.3, 0.4) is 0 Å². The summed E-state index contributed by atoms with van der Waals surface area (Å²) in [6, 6.07) is 1.86. The monoisotopic (exact) mass is 166 g/mol. The molecule has 0 spiro atoms. The van der Waals surface area contributed by atoms with Crippen LogP contribution in [0.25, 0.3) is 0 Å². The number of hydrogen-bond acceptors (Lipinski definition) is 4. The lowest BCUT2D eigenvalue weighted by atomic mass is 9.99. The first kappa shape index (κ1) is 9.06. The van der Waals surface area contributed by atoms with E-state index in [4.69, 9.17) is 5.73 Å². The molecule has 0 aliphatic heterocycles. The van der Waals surface area contributed by atoms with Gasteiger partial charge in [-0.15, -0.1) is 10.2 Å². The van der Waals surface area contributed by atoms with Gasteiger partial charge >= 0.3 is 0 Å². The van der Waals surface area contributed by atoms with Gasteiger partial charge < -0.3 is 5.73 Å². The molecule has 0 radical (unpaired) electrons. The van der Waals surface area contributed by atoms with Crippen LogP contribution in [0.4, 0.5) is 0 Å². The molecule has 4 heteroatoms. The molecule has 4 nitrogen and oxygen atoms in total. The van der Waals surface area contributed by atoms with Gasteiger partial charge in [-0.1, -0.05) is 0 Å². The minimum absolute atomic E-state index is 0.134. The highest BCUT2D eigenvalue weighted by atomic mass is 15.3. The Bertz CT molecular complexity index is 227. The fourth-order valence-electron chi connectivity index (χ4n) is 0.849. The van der Waals surface area contributed by atoms with Gasteiger partial charge in [-0.25, -0.2) is 0 Å². The van der Waals surface area contributed by atoms with E-state index in [0.717, 1.165) is 18.5 Å². The van der Waals surface area contributed by atoms with Crippen molar-refractivity contribution in [1.29, 1.82) is 0 Å². The van der Waals surface area contributed by atoms with Crippen LogP contribution < -0.4 is 5.73 Å². The molecule has 1 aromatic heterocycles. The molecule has 0 unspecified atom stereocenters. The summed E-state index contributed by atoms with van der Waals surface area (Å²) in [6.45, 7) is 4.00. The minimum Gasteiger partial charge on any atom is -0.326 e. The summed E-state index contributed by atoms with van der Waals surface area (Å²) in [4.78, 5) is 0. The Morgan fingerprint density at radius 3 is 2.75 bits per heavy atom. The Hall–Kier alpha value is -1.03. The van der Waals surface area contributed by atoms with E-state index in [2.05, 4.69) is 15.4 Å². The molecule has 0 saturated heterocycles. The third kappa shape index (κ3) is 3.39. The molecule has 0 bridgehead atoms. The van der Waals surface area contributed by atoms with E-state index >= 15 is 0 Å². The Morgan fingerprint density at radius 1 is 1.50 bits per heavy atom. The van der Waals surface area contributed by atoms with E-state index in [1.54, 1.807) is 6.20 Å². The van der Waals surface area contributed by atoms with Crippen molar-refractivity contribution in [2.24, 2.45) is 5.73 Å². The average Bonchev–Trinajstić information content (AvgIpc) is 2.02. The average molecular weight is 166 g/mol. The predicted octanol–water partition coefficient (Wildman–Crippen LogP) is 0.541. The molecule has 0 aromatic carbocycles. The van der Waals surface area contributed by atoms with Crippen LogP contribution in [0.1, 0.15) is 26.0 Å². The summed E-state index contributed by atoms with van der Waals surface area (Å²) in [5.74, 6) is 0. The second-order valence-corrected chi connectivity index (χ2v) is 3.60. The molecule has 0 aliphatic rings. The first-order valence-corrected chi connectivity index (χ1v) is 4.00. The van der Waals surface area contributed by atoms with Crippen LogP contribution in [0.15, 0.2) is 12.3 Å². The lowest BCUT2D eigenvalue weighted by Gasteiger charge is -2.17. The van der Waals surface area contributed by atoms with E-state index in [1.165, 1.54) is 0 Å². The van der Waals surface area contributed by atoms with Crippen molar-refractivity contribution in [3.63, 3.8) is 0 Å². The molecule has 66 valence electrons. The lowest BCUT2D eigenvalue weighted by molar-refractivity contribution is 0.472. The fraction of sp³-hybridized carbons (Fsp3) is 0.625. The summed E-state index contributed by atoms with van der Waals surface area (Å²) in [7, 11) is 0. The zero-order valence-corrected chi connectivity index (χ0v) is 7.49. The Morgan fingerprint density at radius 2 is 2.25 bits per heavy atom. The van der Waals surface area contributed by atoms with Crippen molar-refractivity contribution < 1.29 is 0 Å². The third-order valence-electron chi connectivity index (χ3n) is 1.58.